The third-order valence-corrected chi connectivity index (χ3v) is 2.44. The third-order valence-electron chi connectivity index (χ3n) is 1.78. The lowest BCUT2D eigenvalue weighted by molar-refractivity contribution is 0.0599. The molecule has 3 nitrogen and oxygen atoms in total. The van der Waals surface area contributed by atoms with Crippen molar-refractivity contribution in [3.63, 3.8) is 0 Å². The van der Waals surface area contributed by atoms with Crippen LogP contribution in [0.25, 0.3) is 0 Å². The highest BCUT2D eigenvalue weighted by Crippen LogP contribution is 2.19. The molecule has 0 amide bonds. The highest BCUT2D eigenvalue weighted by atomic mass is 79.9. The second-order valence-electron chi connectivity index (χ2n) is 2.74. The summed E-state index contributed by atoms with van der Waals surface area (Å²) < 4.78 is 5.13. The number of esters is 1. The van der Waals surface area contributed by atoms with Gasteiger partial charge in [0.05, 0.1) is 12.7 Å². The van der Waals surface area contributed by atoms with Crippen molar-refractivity contribution in [2.24, 2.45) is 0 Å². The first-order valence-corrected chi connectivity index (χ1v) is 4.74. The largest absolute Gasteiger partial charge is 0.465 e. The smallest absolute Gasteiger partial charge is 0.339 e. The first kappa shape index (κ1) is 10.9. The monoisotopic (exact) mass is 256 g/mol. The molecule has 1 aromatic rings. The molecule has 0 bridgehead atoms. The Labute approximate surface area is 90.2 Å². The number of rotatable bonds is 2. The average Bonchev–Trinajstić information content (AvgIpc) is 2.16. The van der Waals surface area contributed by atoms with Gasteiger partial charge in [0, 0.05) is 10.0 Å². The second kappa shape index (κ2) is 4.37. The van der Waals surface area contributed by atoms with E-state index in [-0.39, 0.29) is 5.78 Å². The second-order valence-corrected chi connectivity index (χ2v) is 3.60. The van der Waals surface area contributed by atoms with E-state index in [0.29, 0.717) is 15.6 Å². The number of carbonyl (C=O) groups is 2. The fourth-order valence-corrected chi connectivity index (χ4v) is 1.55. The molecule has 0 fully saturated rings. The summed E-state index contributed by atoms with van der Waals surface area (Å²) in [6.07, 6.45) is 0. The van der Waals surface area contributed by atoms with Crippen molar-refractivity contribution in [3.05, 3.63) is 33.8 Å². The maximum absolute atomic E-state index is 11.2. The molecule has 0 unspecified atom stereocenters. The molecule has 1 aromatic carbocycles. The van der Waals surface area contributed by atoms with Crippen LogP contribution in [0.15, 0.2) is 22.7 Å². The van der Waals surface area contributed by atoms with Gasteiger partial charge < -0.3 is 4.74 Å². The zero-order valence-corrected chi connectivity index (χ0v) is 9.42. The summed E-state index contributed by atoms with van der Waals surface area (Å²) in [6.45, 7) is 1.47. The van der Waals surface area contributed by atoms with Gasteiger partial charge >= 0.3 is 5.97 Å². The van der Waals surface area contributed by atoms with Gasteiger partial charge in [-0.3, -0.25) is 4.79 Å². The van der Waals surface area contributed by atoms with Gasteiger partial charge in [-0.15, -0.1) is 0 Å². The molecule has 14 heavy (non-hydrogen) atoms. The molecule has 1 rings (SSSR count). The van der Waals surface area contributed by atoms with Crippen LogP contribution in [0.3, 0.4) is 0 Å². The van der Waals surface area contributed by atoms with E-state index in [1.54, 1.807) is 18.2 Å². The standard InChI is InChI=1S/C10H9BrO3/c1-6(12)7-3-4-8(9(11)5-7)10(13)14-2/h3-5H,1-2H3. The maximum atomic E-state index is 11.2. The van der Waals surface area contributed by atoms with Crippen molar-refractivity contribution in [1.82, 2.24) is 0 Å². The molecule has 0 saturated heterocycles. The molecule has 0 atom stereocenters. The molecule has 0 aromatic heterocycles. The third kappa shape index (κ3) is 2.20. The Morgan fingerprint density at radius 3 is 2.43 bits per heavy atom. The van der Waals surface area contributed by atoms with Crippen LogP contribution in [-0.4, -0.2) is 18.9 Å². The fourth-order valence-electron chi connectivity index (χ4n) is 1.01. The molecule has 0 aliphatic rings. The number of halogens is 1. The van der Waals surface area contributed by atoms with Gasteiger partial charge in [-0.2, -0.15) is 0 Å². The lowest BCUT2D eigenvalue weighted by atomic mass is 10.1. The van der Waals surface area contributed by atoms with Crippen LogP contribution in [-0.2, 0) is 4.74 Å². The molecule has 0 N–H and O–H groups in total. The Hall–Kier alpha value is -1.16. The van der Waals surface area contributed by atoms with Crippen molar-refractivity contribution in [2.45, 2.75) is 6.92 Å². The normalized spacial score (nSPS) is 9.64. The van der Waals surface area contributed by atoms with Crippen molar-refractivity contribution in [1.29, 1.82) is 0 Å². The summed E-state index contributed by atoms with van der Waals surface area (Å²) in [5, 5.41) is 0. The van der Waals surface area contributed by atoms with E-state index >= 15 is 0 Å². The average molecular weight is 257 g/mol. The number of ketones is 1. The molecule has 0 spiro atoms. The van der Waals surface area contributed by atoms with E-state index < -0.39 is 5.97 Å². The Morgan fingerprint density at radius 1 is 1.36 bits per heavy atom. The highest BCUT2D eigenvalue weighted by molar-refractivity contribution is 9.10. The number of benzene rings is 1. The number of methoxy groups -OCH3 is 1. The van der Waals surface area contributed by atoms with Crippen LogP contribution in [0.4, 0.5) is 0 Å². The van der Waals surface area contributed by atoms with E-state index in [9.17, 15) is 9.59 Å². The summed E-state index contributed by atoms with van der Waals surface area (Å²) in [7, 11) is 1.31. The number of hydrogen-bond donors (Lipinski definition) is 0. The minimum absolute atomic E-state index is 0.0397. The maximum Gasteiger partial charge on any atom is 0.339 e. The summed E-state index contributed by atoms with van der Waals surface area (Å²) in [4.78, 5) is 22.2. The zero-order valence-electron chi connectivity index (χ0n) is 7.83. The van der Waals surface area contributed by atoms with Gasteiger partial charge in [0.1, 0.15) is 0 Å². The molecular weight excluding hydrogens is 248 g/mol. The molecular formula is C10H9BrO3. The Bertz CT molecular complexity index is 385. The van der Waals surface area contributed by atoms with E-state index in [1.165, 1.54) is 14.0 Å². The molecule has 74 valence electrons. The molecule has 0 heterocycles. The minimum atomic E-state index is -0.424. The molecule has 0 radical (unpaired) electrons. The van der Waals surface area contributed by atoms with Crippen LogP contribution in [0, 0.1) is 0 Å². The molecule has 0 saturated carbocycles. The first-order valence-electron chi connectivity index (χ1n) is 3.95. The van der Waals surface area contributed by atoms with Crippen molar-refractivity contribution < 1.29 is 14.3 Å². The SMILES string of the molecule is COC(=O)c1ccc(C(C)=O)cc1Br. The van der Waals surface area contributed by atoms with Gasteiger partial charge in [-0.25, -0.2) is 4.79 Å². The van der Waals surface area contributed by atoms with Crippen LogP contribution >= 0.6 is 15.9 Å². The zero-order chi connectivity index (χ0) is 10.7. The van der Waals surface area contributed by atoms with Gasteiger partial charge in [0.15, 0.2) is 5.78 Å². The summed E-state index contributed by atoms with van der Waals surface area (Å²) >= 11 is 3.20. The first-order chi connectivity index (χ1) is 6.56. The summed E-state index contributed by atoms with van der Waals surface area (Å²) in [5.74, 6) is -0.464. The van der Waals surface area contributed by atoms with E-state index in [4.69, 9.17) is 0 Å². The quantitative estimate of drug-likeness (QED) is 0.603. The van der Waals surface area contributed by atoms with Crippen LogP contribution < -0.4 is 0 Å². The Morgan fingerprint density at radius 2 is 2.00 bits per heavy atom. The van der Waals surface area contributed by atoms with Gasteiger partial charge in [-0.05, 0) is 35.0 Å². The van der Waals surface area contributed by atoms with Crippen molar-refractivity contribution in [2.75, 3.05) is 7.11 Å². The Kier molecular flexibility index (Phi) is 3.41. The van der Waals surface area contributed by atoms with Gasteiger partial charge in [-0.1, -0.05) is 6.07 Å². The van der Waals surface area contributed by atoms with E-state index in [2.05, 4.69) is 20.7 Å². The number of ether oxygens (including phenoxy) is 1. The summed E-state index contributed by atoms with van der Waals surface area (Å²) in [6, 6.07) is 4.76. The van der Waals surface area contributed by atoms with Crippen LogP contribution in [0.2, 0.25) is 0 Å². The van der Waals surface area contributed by atoms with Gasteiger partial charge in [0.25, 0.3) is 0 Å². The predicted octanol–water partition coefficient (Wildman–Crippen LogP) is 2.44. The number of hydrogen-bond acceptors (Lipinski definition) is 3. The number of carbonyl (C=O) groups excluding carboxylic acids is 2. The van der Waals surface area contributed by atoms with Gasteiger partial charge in [0.2, 0.25) is 0 Å². The molecule has 0 aliphatic carbocycles. The topological polar surface area (TPSA) is 43.4 Å². The van der Waals surface area contributed by atoms with Crippen LogP contribution in [0.1, 0.15) is 27.6 Å². The Balaban J connectivity index is 3.14. The number of Topliss-reactive ketones (excluding diaryl/α,β-unsaturated/α-hetero) is 1. The lowest BCUT2D eigenvalue weighted by Gasteiger charge is -2.03. The van der Waals surface area contributed by atoms with E-state index in [1.807, 2.05) is 0 Å². The van der Waals surface area contributed by atoms with Crippen molar-refractivity contribution in [3.8, 4) is 0 Å². The minimum Gasteiger partial charge on any atom is -0.465 e. The lowest BCUT2D eigenvalue weighted by Crippen LogP contribution is -2.03. The summed E-state index contributed by atoms with van der Waals surface area (Å²) in [5.41, 5.74) is 0.974. The van der Waals surface area contributed by atoms with E-state index in [0.717, 1.165) is 0 Å². The fraction of sp³-hybridized carbons (Fsp3) is 0.200. The molecule has 0 aliphatic heterocycles. The molecule has 4 heteroatoms. The highest BCUT2D eigenvalue weighted by Gasteiger charge is 2.11. The van der Waals surface area contributed by atoms with Crippen molar-refractivity contribution >= 4 is 27.7 Å². The van der Waals surface area contributed by atoms with Crippen LogP contribution in [0.5, 0.6) is 0 Å². The predicted molar refractivity (Wildman–Crippen MR) is 55.5 cm³/mol.